The summed E-state index contributed by atoms with van der Waals surface area (Å²) in [4.78, 5) is 11.3. The smallest absolute Gasteiger partial charge is 0.220 e. The van der Waals surface area contributed by atoms with Gasteiger partial charge in [-0.05, 0) is 56.2 Å². The van der Waals surface area contributed by atoms with E-state index in [1.165, 1.54) is 17.3 Å². The van der Waals surface area contributed by atoms with Crippen LogP contribution in [0.4, 0.5) is 0 Å². The van der Waals surface area contributed by atoms with Crippen molar-refractivity contribution in [1.29, 1.82) is 0 Å². The van der Waals surface area contributed by atoms with Crippen LogP contribution in [0.15, 0.2) is 71.9 Å². The van der Waals surface area contributed by atoms with Crippen LogP contribution in [0.5, 0.6) is 5.75 Å². The van der Waals surface area contributed by atoms with E-state index < -0.39 is 5.25 Å². The zero-order valence-electron chi connectivity index (χ0n) is 19.6. The molecule has 0 aliphatic carbocycles. The summed E-state index contributed by atoms with van der Waals surface area (Å²) in [5, 5.41) is 20.9. The van der Waals surface area contributed by atoms with E-state index in [2.05, 4.69) is 23.2 Å². The van der Waals surface area contributed by atoms with Gasteiger partial charge in [0.25, 0.3) is 0 Å². The SMILES string of the molecule is Cc1ccc(-n2c(C)nnc2S[C@H](C[N+](=O)[O-])c2ccccc2OCc2ccccc2Cl)cc1C. The second-order valence-electron chi connectivity index (χ2n) is 8.17. The Bertz CT molecular complexity index is 1360. The lowest BCUT2D eigenvalue weighted by Crippen LogP contribution is -2.12. The minimum absolute atomic E-state index is 0.254. The second-order valence-corrected chi connectivity index (χ2v) is 9.75. The van der Waals surface area contributed by atoms with Crippen LogP contribution in [0.1, 0.15) is 33.3 Å². The van der Waals surface area contributed by atoms with Gasteiger partial charge in [-0.3, -0.25) is 14.7 Å². The van der Waals surface area contributed by atoms with Crippen LogP contribution in [-0.2, 0) is 6.61 Å². The monoisotopic (exact) mass is 508 g/mol. The lowest BCUT2D eigenvalue weighted by molar-refractivity contribution is -0.479. The average molecular weight is 509 g/mol. The van der Waals surface area contributed by atoms with E-state index in [4.69, 9.17) is 16.3 Å². The van der Waals surface area contributed by atoms with Gasteiger partial charge in [-0.2, -0.15) is 0 Å². The number of halogens is 1. The predicted molar refractivity (Wildman–Crippen MR) is 138 cm³/mol. The number of nitro groups is 1. The molecule has 0 aliphatic heterocycles. The van der Waals surface area contributed by atoms with E-state index in [1.54, 1.807) is 6.07 Å². The first-order chi connectivity index (χ1) is 16.8. The fraction of sp³-hybridized carbons (Fsp3) is 0.231. The summed E-state index contributed by atoms with van der Waals surface area (Å²) in [6.07, 6.45) is 0. The van der Waals surface area contributed by atoms with Crippen molar-refractivity contribution in [3.63, 3.8) is 0 Å². The Morgan fingerprint density at radius 1 is 1.03 bits per heavy atom. The molecule has 4 aromatic rings. The van der Waals surface area contributed by atoms with Gasteiger partial charge in [0, 0.05) is 26.8 Å². The normalized spacial score (nSPS) is 11.9. The van der Waals surface area contributed by atoms with Gasteiger partial charge in [0.15, 0.2) is 5.16 Å². The van der Waals surface area contributed by atoms with Crippen LogP contribution in [-0.4, -0.2) is 26.2 Å². The van der Waals surface area contributed by atoms with Crippen LogP contribution in [0.25, 0.3) is 5.69 Å². The highest BCUT2D eigenvalue weighted by Crippen LogP contribution is 2.40. The third-order valence-electron chi connectivity index (χ3n) is 5.71. The van der Waals surface area contributed by atoms with E-state index in [-0.39, 0.29) is 18.1 Å². The van der Waals surface area contributed by atoms with E-state index in [1.807, 2.05) is 73.0 Å². The van der Waals surface area contributed by atoms with Gasteiger partial charge < -0.3 is 4.74 Å². The lowest BCUT2D eigenvalue weighted by atomic mass is 10.1. The molecule has 0 N–H and O–H groups in total. The average Bonchev–Trinajstić information content (AvgIpc) is 3.19. The van der Waals surface area contributed by atoms with Crippen molar-refractivity contribution < 1.29 is 9.66 Å². The lowest BCUT2D eigenvalue weighted by Gasteiger charge is -2.18. The molecule has 180 valence electrons. The quantitative estimate of drug-likeness (QED) is 0.145. The largest absolute Gasteiger partial charge is 0.489 e. The highest BCUT2D eigenvalue weighted by atomic mass is 35.5. The molecule has 0 amide bonds. The van der Waals surface area contributed by atoms with Crippen LogP contribution in [0.2, 0.25) is 5.02 Å². The van der Waals surface area contributed by atoms with Gasteiger partial charge in [-0.1, -0.05) is 65.8 Å². The third-order valence-corrected chi connectivity index (χ3v) is 7.24. The molecule has 1 atom stereocenters. The van der Waals surface area contributed by atoms with Crippen molar-refractivity contribution in [2.75, 3.05) is 6.54 Å². The minimum Gasteiger partial charge on any atom is -0.489 e. The van der Waals surface area contributed by atoms with E-state index in [9.17, 15) is 10.1 Å². The molecule has 0 unspecified atom stereocenters. The van der Waals surface area contributed by atoms with Crippen molar-refractivity contribution in [3.8, 4) is 11.4 Å². The fourth-order valence-electron chi connectivity index (χ4n) is 3.69. The molecule has 0 aliphatic rings. The molecule has 0 saturated heterocycles. The molecule has 0 bridgehead atoms. The van der Waals surface area contributed by atoms with Crippen molar-refractivity contribution >= 4 is 23.4 Å². The molecule has 0 fully saturated rings. The molecule has 0 saturated carbocycles. The molecule has 3 aromatic carbocycles. The molecule has 9 heteroatoms. The Kier molecular flexibility index (Phi) is 7.73. The Labute approximate surface area is 213 Å². The molecular weight excluding hydrogens is 484 g/mol. The maximum Gasteiger partial charge on any atom is 0.220 e. The van der Waals surface area contributed by atoms with Crippen molar-refractivity contribution in [2.45, 2.75) is 37.8 Å². The van der Waals surface area contributed by atoms with Crippen LogP contribution in [0, 0.1) is 30.9 Å². The first-order valence-electron chi connectivity index (χ1n) is 11.1. The Balaban J connectivity index is 1.66. The molecule has 0 spiro atoms. The fourth-order valence-corrected chi connectivity index (χ4v) is 5.09. The summed E-state index contributed by atoms with van der Waals surface area (Å²) in [5.41, 5.74) is 4.80. The number of thioether (sulfide) groups is 1. The molecule has 35 heavy (non-hydrogen) atoms. The van der Waals surface area contributed by atoms with Crippen LogP contribution < -0.4 is 4.74 Å². The van der Waals surface area contributed by atoms with Crippen molar-refractivity contribution in [1.82, 2.24) is 14.8 Å². The van der Waals surface area contributed by atoms with Crippen LogP contribution in [0.3, 0.4) is 0 Å². The molecule has 0 radical (unpaired) electrons. The number of hydrogen-bond donors (Lipinski definition) is 0. The highest BCUT2D eigenvalue weighted by molar-refractivity contribution is 7.99. The molecule has 1 aromatic heterocycles. The number of para-hydroxylation sites is 1. The Morgan fingerprint density at radius 3 is 2.51 bits per heavy atom. The second kappa shape index (κ2) is 10.9. The number of nitrogens with zero attached hydrogens (tertiary/aromatic N) is 4. The first-order valence-corrected chi connectivity index (χ1v) is 12.3. The van der Waals surface area contributed by atoms with E-state index in [0.717, 1.165) is 16.8 Å². The topological polar surface area (TPSA) is 83.1 Å². The zero-order chi connectivity index (χ0) is 24.9. The van der Waals surface area contributed by atoms with Crippen LogP contribution >= 0.6 is 23.4 Å². The summed E-state index contributed by atoms with van der Waals surface area (Å²) in [7, 11) is 0. The maximum atomic E-state index is 11.6. The molecule has 1 heterocycles. The van der Waals surface area contributed by atoms with Crippen molar-refractivity contribution in [3.05, 3.63) is 110 Å². The van der Waals surface area contributed by atoms with Gasteiger partial charge in [-0.25, -0.2) is 0 Å². The van der Waals surface area contributed by atoms with Crippen molar-refractivity contribution in [2.24, 2.45) is 0 Å². The summed E-state index contributed by atoms with van der Waals surface area (Å²) in [6, 6.07) is 20.9. The Hall–Kier alpha value is -3.36. The number of hydrogen-bond acceptors (Lipinski definition) is 6. The molecule has 7 nitrogen and oxygen atoms in total. The number of aryl methyl sites for hydroxylation is 3. The molecular formula is C26H25ClN4O3S. The van der Waals surface area contributed by atoms with Gasteiger partial charge in [0.1, 0.15) is 23.4 Å². The summed E-state index contributed by atoms with van der Waals surface area (Å²) >= 11 is 7.58. The number of ether oxygens (including phenoxy) is 1. The van der Waals surface area contributed by atoms with Gasteiger partial charge in [-0.15, -0.1) is 10.2 Å². The van der Waals surface area contributed by atoms with Gasteiger partial charge in [0.2, 0.25) is 6.54 Å². The predicted octanol–water partition coefficient (Wildman–Crippen LogP) is 6.54. The third kappa shape index (κ3) is 5.83. The zero-order valence-corrected chi connectivity index (χ0v) is 21.2. The Morgan fingerprint density at radius 2 is 1.77 bits per heavy atom. The number of aromatic nitrogens is 3. The molecule has 4 rings (SSSR count). The highest BCUT2D eigenvalue weighted by Gasteiger charge is 2.26. The standard InChI is InChI=1S/C26H25ClN4O3S/c1-17-12-13-21(14-18(17)2)31-19(3)28-29-26(31)35-25(15-30(32)33)22-9-5-7-11-24(22)34-16-20-8-4-6-10-23(20)27/h4-14,25H,15-16H2,1-3H3/t25-/m1/s1. The van der Waals surface area contributed by atoms with Gasteiger partial charge in [0.05, 0.1) is 0 Å². The van der Waals surface area contributed by atoms with Gasteiger partial charge >= 0.3 is 0 Å². The number of rotatable bonds is 9. The number of benzene rings is 3. The van der Waals surface area contributed by atoms with E-state index in [0.29, 0.717) is 27.3 Å². The first kappa shape index (κ1) is 24.8. The summed E-state index contributed by atoms with van der Waals surface area (Å²) in [5.74, 6) is 1.28. The summed E-state index contributed by atoms with van der Waals surface area (Å²) in [6.45, 7) is 5.93. The minimum atomic E-state index is -0.540. The maximum absolute atomic E-state index is 11.6. The van der Waals surface area contributed by atoms with E-state index >= 15 is 0 Å². The summed E-state index contributed by atoms with van der Waals surface area (Å²) < 4.78 is 8.02.